The number of hydrogen-bond acceptors (Lipinski definition) is 3. The van der Waals surface area contributed by atoms with Gasteiger partial charge in [0.05, 0.1) is 5.02 Å². The van der Waals surface area contributed by atoms with Gasteiger partial charge in [-0.1, -0.05) is 11.6 Å². The standard InChI is InChI=1S/C12H16ClN3O2/c1-15-4-6-16(7-5-15)12(18)14-9-2-3-11(17)10(13)8-9/h2-3,8,17H,4-7H2,1H3,(H,14,18). The number of anilines is 1. The van der Waals surface area contributed by atoms with Crippen molar-refractivity contribution in [1.29, 1.82) is 0 Å². The Morgan fingerprint density at radius 2 is 2.00 bits per heavy atom. The van der Waals surface area contributed by atoms with Crippen LogP contribution in [0.2, 0.25) is 5.02 Å². The minimum absolute atomic E-state index is 0.00858. The van der Waals surface area contributed by atoms with Crippen LogP contribution in [0.5, 0.6) is 5.75 Å². The number of hydrogen-bond donors (Lipinski definition) is 2. The Morgan fingerprint density at radius 3 is 2.61 bits per heavy atom. The van der Waals surface area contributed by atoms with Gasteiger partial charge in [0.15, 0.2) is 0 Å². The Labute approximate surface area is 111 Å². The molecule has 1 heterocycles. The number of rotatable bonds is 1. The number of nitrogens with zero attached hydrogens (tertiary/aromatic N) is 2. The fourth-order valence-electron chi connectivity index (χ4n) is 1.80. The van der Waals surface area contributed by atoms with Gasteiger partial charge in [0.1, 0.15) is 5.75 Å². The number of halogens is 1. The van der Waals surface area contributed by atoms with Crippen LogP contribution in [0.25, 0.3) is 0 Å². The molecule has 1 aromatic carbocycles. The molecule has 0 aromatic heterocycles. The van der Waals surface area contributed by atoms with E-state index in [1.165, 1.54) is 12.1 Å². The number of aromatic hydroxyl groups is 1. The lowest BCUT2D eigenvalue weighted by Gasteiger charge is -2.32. The van der Waals surface area contributed by atoms with Gasteiger partial charge in [-0.15, -0.1) is 0 Å². The van der Waals surface area contributed by atoms with Gasteiger partial charge >= 0.3 is 6.03 Å². The average molecular weight is 270 g/mol. The van der Waals surface area contributed by atoms with Gasteiger partial charge in [-0.25, -0.2) is 4.79 Å². The molecule has 1 saturated heterocycles. The number of amides is 2. The average Bonchev–Trinajstić information content (AvgIpc) is 2.34. The molecule has 0 aliphatic carbocycles. The SMILES string of the molecule is CN1CCN(C(=O)Nc2ccc(O)c(Cl)c2)CC1. The minimum Gasteiger partial charge on any atom is -0.506 e. The fourth-order valence-corrected chi connectivity index (χ4v) is 1.98. The lowest BCUT2D eigenvalue weighted by molar-refractivity contribution is 0.164. The second-order valence-corrected chi connectivity index (χ2v) is 4.79. The quantitative estimate of drug-likeness (QED) is 0.765. The third kappa shape index (κ3) is 3.05. The Morgan fingerprint density at radius 1 is 1.33 bits per heavy atom. The van der Waals surface area contributed by atoms with Gasteiger partial charge in [-0.2, -0.15) is 0 Å². The van der Waals surface area contributed by atoms with Gasteiger partial charge in [0, 0.05) is 31.9 Å². The zero-order valence-corrected chi connectivity index (χ0v) is 10.9. The molecule has 1 aliphatic heterocycles. The van der Waals surface area contributed by atoms with Crippen molar-refractivity contribution in [2.24, 2.45) is 0 Å². The van der Waals surface area contributed by atoms with E-state index in [9.17, 15) is 9.90 Å². The third-order valence-electron chi connectivity index (χ3n) is 2.99. The molecule has 0 saturated carbocycles. The van der Waals surface area contributed by atoms with Crippen LogP contribution in [-0.2, 0) is 0 Å². The Bertz CT molecular complexity index is 445. The summed E-state index contributed by atoms with van der Waals surface area (Å²) in [6.07, 6.45) is 0. The predicted molar refractivity (Wildman–Crippen MR) is 71.2 cm³/mol. The fraction of sp³-hybridized carbons (Fsp3) is 0.417. The van der Waals surface area contributed by atoms with Crippen LogP contribution in [0.1, 0.15) is 0 Å². The van der Waals surface area contributed by atoms with E-state index in [-0.39, 0.29) is 16.8 Å². The number of urea groups is 1. The summed E-state index contributed by atoms with van der Waals surface area (Å²) < 4.78 is 0. The van der Waals surface area contributed by atoms with Gasteiger partial charge in [-0.3, -0.25) is 0 Å². The highest BCUT2D eigenvalue weighted by molar-refractivity contribution is 6.32. The Kier molecular flexibility index (Phi) is 3.93. The van der Waals surface area contributed by atoms with E-state index in [0.29, 0.717) is 18.8 Å². The molecule has 18 heavy (non-hydrogen) atoms. The summed E-state index contributed by atoms with van der Waals surface area (Å²) in [4.78, 5) is 15.9. The van der Waals surface area contributed by atoms with Crippen molar-refractivity contribution in [2.45, 2.75) is 0 Å². The van der Waals surface area contributed by atoms with Crippen LogP contribution >= 0.6 is 11.6 Å². The van der Waals surface area contributed by atoms with Crippen molar-refractivity contribution < 1.29 is 9.90 Å². The molecule has 0 spiro atoms. The molecule has 0 atom stereocenters. The predicted octanol–water partition coefficient (Wildman–Crippen LogP) is 1.82. The first kappa shape index (κ1) is 13.0. The summed E-state index contributed by atoms with van der Waals surface area (Å²) in [6.45, 7) is 3.19. The first-order valence-electron chi connectivity index (χ1n) is 5.79. The number of likely N-dealkylation sites (N-methyl/N-ethyl adjacent to an activating group) is 1. The van der Waals surface area contributed by atoms with Crippen molar-refractivity contribution in [3.8, 4) is 5.75 Å². The van der Waals surface area contributed by atoms with E-state index in [1.54, 1.807) is 11.0 Å². The molecule has 98 valence electrons. The molecule has 2 N–H and O–H groups in total. The second kappa shape index (κ2) is 5.46. The monoisotopic (exact) mass is 269 g/mol. The second-order valence-electron chi connectivity index (χ2n) is 4.39. The summed E-state index contributed by atoms with van der Waals surface area (Å²) in [5.41, 5.74) is 0.585. The van der Waals surface area contributed by atoms with Crippen LogP contribution in [0.3, 0.4) is 0 Å². The van der Waals surface area contributed by atoms with Crippen LogP contribution in [0, 0.1) is 0 Å². The van der Waals surface area contributed by atoms with Crippen molar-refractivity contribution in [3.63, 3.8) is 0 Å². The summed E-state index contributed by atoms with van der Waals surface area (Å²) in [6, 6.07) is 4.48. The topological polar surface area (TPSA) is 55.8 Å². The Balaban J connectivity index is 1.96. The van der Waals surface area contributed by atoms with Crippen LogP contribution in [0.15, 0.2) is 18.2 Å². The van der Waals surface area contributed by atoms with Crippen LogP contribution in [-0.4, -0.2) is 54.2 Å². The molecular formula is C12H16ClN3O2. The van der Waals surface area contributed by atoms with Crippen molar-refractivity contribution in [2.75, 3.05) is 38.5 Å². The van der Waals surface area contributed by atoms with E-state index >= 15 is 0 Å². The minimum atomic E-state index is -0.134. The molecule has 0 radical (unpaired) electrons. The van der Waals surface area contributed by atoms with Crippen LogP contribution < -0.4 is 5.32 Å². The summed E-state index contributed by atoms with van der Waals surface area (Å²) in [7, 11) is 2.04. The normalized spacial score (nSPS) is 16.7. The number of phenols is 1. The highest BCUT2D eigenvalue weighted by atomic mass is 35.5. The summed E-state index contributed by atoms with van der Waals surface area (Å²) in [5.74, 6) is 0.00858. The van der Waals surface area contributed by atoms with Gasteiger partial charge in [-0.05, 0) is 25.2 Å². The highest BCUT2D eigenvalue weighted by Crippen LogP contribution is 2.26. The first-order chi connectivity index (χ1) is 8.56. The molecule has 1 aliphatic rings. The molecule has 0 bridgehead atoms. The maximum atomic E-state index is 12.0. The number of carbonyl (C=O) groups is 1. The molecule has 6 heteroatoms. The smallest absolute Gasteiger partial charge is 0.321 e. The van der Waals surface area contributed by atoms with E-state index in [1.807, 2.05) is 7.05 Å². The van der Waals surface area contributed by atoms with Gasteiger partial charge in [0.25, 0.3) is 0 Å². The van der Waals surface area contributed by atoms with Crippen LogP contribution in [0.4, 0.5) is 10.5 Å². The number of carbonyl (C=O) groups excluding carboxylic acids is 1. The van der Waals surface area contributed by atoms with E-state index in [2.05, 4.69) is 10.2 Å². The van der Waals surface area contributed by atoms with E-state index in [4.69, 9.17) is 11.6 Å². The number of piperazine rings is 1. The molecule has 2 amide bonds. The summed E-state index contributed by atoms with van der Waals surface area (Å²) >= 11 is 5.78. The Hall–Kier alpha value is -1.46. The summed E-state index contributed by atoms with van der Waals surface area (Å²) in [5, 5.41) is 12.3. The zero-order chi connectivity index (χ0) is 13.1. The van der Waals surface area contributed by atoms with E-state index in [0.717, 1.165) is 13.1 Å². The lowest BCUT2D eigenvalue weighted by atomic mass is 10.3. The van der Waals surface area contributed by atoms with Gasteiger partial charge in [0.2, 0.25) is 0 Å². The van der Waals surface area contributed by atoms with E-state index < -0.39 is 0 Å². The number of nitrogens with one attached hydrogen (secondary N) is 1. The largest absolute Gasteiger partial charge is 0.506 e. The van der Waals surface area contributed by atoms with Gasteiger partial charge < -0.3 is 20.2 Å². The lowest BCUT2D eigenvalue weighted by Crippen LogP contribution is -2.48. The maximum absolute atomic E-state index is 12.0. The molecule has 0 unspecified atom stereocenters. The highest BCUT2D eigenvalue weighted by Gasteiger charge is 2.18. The zero-order valence-electron chi connectivity index (χ0n) is 10.2. The molecule has 1 fully saturated rings. The molecule has 1 aromatic rings. The molecule has 5 nitrogen and oxygen atoms in total. The molecule has 2 rings (SSSR count). The van der Waals surface area contributed by atoms with Crippen molar-refractivity contribution in [1.82, 2.24) is 9.80 Å². The van der Waals surface area contributed by atoms with Crippen molar-refractivity contribution >= 4 is 23.3 Å². The van der Waals surface area contributed by atoms with Crippen molar-refractivity contribution in [3.05, 3.63) is 23.2 Å². The first-order valence-corrected chi connectivity index (χ1v) is 6.17. The number of phenolic OH excluding ortho intramolecular Hbond substituents is 1. The molecular weight excluding hydrogens is 254 g/mol. The maximum Gasteiger partial charge on any atom is 0.321 e. The number of benzene rings is 1. The third-order valence-corrected chi connectivity index (χ3v) is 3.29.